The Morgan fingerprint density at radius 2 is 1.74 bits per heavy atom. The van der Waals surface area contributed by atoms with Crippen LogP contribution in [0, 0.1) is 32.4 Å². The first-order chi connectivity index (χ1) is 10.9. The molecule has 0 unspecified atom stereocenters. The lowest BCUT2D eigenvalue weighted by Gasteiger charge is -2.10. The topological polar surface area (TPSA) is 55.6 Å². The monoisotopic (exact) mass is 315 g/mol. The van der Waals surface area contributed by atoms with Crippen molar-refractivity contribution in [2.24, 2.45) is 0 Å². The highest BCUT2D eigenvalue weighted by molar-refractivity contribution is 5.57. The van der Waals surface area contributed by atoms with Gasteiger partial charge in [-0.1, -0.05) is 0 Å². The van der Waals surface area contributed by atoms with Crippen molar-refractivity contribution in [2.45, 2.75) is 20.8 Å². The number of nitrogens with zero attached hydrogens (tertiary/aromatic N) is 4. The van der Waals surface area contributed by atoms with E-state index in [4.69, 9.17) is 0 Å². The molecule has 23 heavy (non-hydrogen) atoms. The molecule has 1 N–H and O–H groups in total. The fraction of sp³-hybridized carbons (Fsp3) is 0.188. The molecule has 0 aliphatic heterocycles. The molecule has 7 heteroatoms. The van der Waals surface area contributed by atoms with Gasteiger partial charge >= 0.3 is 0 Å². The van der Waals surface area contributed by atoms with E-state index in [0.717, 1.165) is 29.6 Å². The minimum Gasteiger partial charge on any atom is -0.338 e. The van der Waals surface area contributed by atoms with Gasteiger partial charge in [0.1, 0.15) is 17.5 Å². The second-order valence-corrected chi connectivity index (χ2v) is 5.28. The number of hydrogen-bond acceptors (Lipinski definition) is 4. The molecule has 5 nitrogen and oxygen atoms in total. The lowest BCUT2D eigenvalue weighted by molar-refractivity contribution is 0.603. The maximum atomic E-state index is 13.8. The summed E-state index contributed by atoms with van der Waals surface area (Å²) in [5.74, 6) is -0.353. The van der Waals surface area contributed by atoms with Gasteiger partial charge in [-0.25, -0.2) is 18.4 Å². The summed E-state index contributed by atoms with van der Waals surface area (Å²) >= 11 is 0. The molecule has 0 amide bonds. The van der Waals surface area contributed by atoms with Crippen LogP contribution in [0.25, 0.3) is 5.95 Å². The van der Waals surface area contributed by atoms with Gasteiger partial charge in [-0.3, -0.25) is 0 Å². The summed E-state index contributed by atoms with van der Waals surface area (Å²) in [7, 11) is 0. The van der Waals surface area contributed by atoms with Crippen molar-refractivity contribution in [3.8, 4) is 5.95 Å². The molecule has 0 radical (unpaired) electrons. The van der Waals surface area contributed by atoms with Gasteiger partial charge in [-0.05, 0) is 39.0 Å². The zero-order chi connectivity index (χ0) is 16.6. The molecule has 118 valence electrons. The number of nitrogens with one attached hydrogen (secondary N) is 1. The van der Waals surface area contributed by atoms with E-state index < -0.39 is 11.6 Å². The number of anilines is 2. The van der Waals surface area contributed by atoms with Crippen LogP contribution in [-0.2, 0) is 0 Å². The first kappa shape index (κ1) is 15.1. The van der Waals surface area contributed by atoms with Gasteiger partial charge in [0.05, 0.1) is 11.4 Å². The molecular weight excluding hydrogens is 300 g/mol. The van der Waals surface area contributed by atoms with Gasteiger partial charge < -0.3 is 5.32 Å². The van der Waals surface area contributed by atoms with Crippen LogP contribution in [0.3, 0.4) is 0 Å². The van der Waals surface area contributed by atoms with E-state index in [1.807, 2.05) is 19.9 Å². The van der Waals surface area contributed by atoms with Gasteiger partial charge in [0.15, 0.2) is 0 Å². The van der Waals surface area contributed by atoms with E-state index in [2.05, 4.69) is 20.4 Å². The molecule has 0 bridgehead atoms. The third kappa shape index (κ3) is 3.18. The summed E-state index contributed by atoms with van der Waals surface area (Å²) in [4.78, 5) is 8.67. The van der Waals surface area contributed by atoms with Crippen LogP contribution in [0.1, 0.15) is 17.1 Å². The fourth-order valence-corrected chi connectivity index (χ4v) is 2.27. The third-order valence-corrected chi connectivity index (χ3v) is 3.23. The largest absolute Gasteiger partial charge is 0.338 e. The van der Waals surface area contributed by atoms with Crippen molar-refractivity contribution >= 4 is 11.5 Å². The van der Waals surface area contributed by atoms with Crippen LogP contribution < -0.4 is 5.32 Å². The minimum absolute atomic E-state index is 0.0161. The van der Waals surface area contributed by atoms with Crippen molar-refractivity contribution in [1.82, 2.24) is 19.7 Å². The minimum atomic E-state index is -0.560. The highest BCUT2D eigenvalue weighted by Gasteiger charge is 2.11. The summed E-state index contributed by atoms with van der Waals surface area (Å²) in [6.45, 7) is 5.57. The number of rotatable bonds is 3. The summed E-state index contributed by atoms with van der Waals surface area (Å²) in [5.41, 5.74) is 2.43. The standard InChI is InChI=1S/C16H15F2N5/c1-9-7-15(20-14-8-12(17)4-5-13(14)18)21-16(19-9)23-11(3)6-10(2)22-23/h4-8H,1-3H3,(H,19,20,21). The van der Waals surface area contributed by atoms with Crippen molar-refractivity contribution in [2.75, 3.05) is 5.32 Å². The fourth-order valence-electron chi connectivity index (χ4n) is 2.27. The van der Waals surface area contributed by atoms with Gasteiger partial charge in [-0.15, -0.1) is 0 Å². The molecule has 2 aromatic heterocycles. The smallest absolute Gasteiger partial charge is 0.252 e. The van der Waals surface area contributed by atoms with E-state index in [1.165, 1.54) is 0 Å². The highest BCUT2D eigenvalue weighted by atomic mass is 19.1. The summed E-state index contributed by atoms with van der Waals surface area (Å²) < 4.78 is 28.6. The molecule has 0 atom stereocenters. The number of benzene rings is 1. The van der Waals surface area contributed by atoms with E-state index >= 15 is 0 Å². The quantitative estimate of drug-likeness (QED) is 0.802. The van der Waals surface area contributed by atoms with E-state index in [-0.39, 0.29) is 5.69 Å². The Balaban J connectivity index is 2.01. The third-order valence-electron chi connectivity index (χ3n) is 3.23. The maximum absolute atomic E-state index is 13.8. The van der Waals surface area contributed by atoms with Gasteiger partial charge in [0, 0.05) is 23.5 Å². The number of halogens is 2. The van der Waals surface area contributed by atoms with Gasteiger partial charge in [0.2, 0.25) is 0 Å². The van der Waals surface area contributed by atoms with Crippen LogP contribution in [0.4, 0.5) is 20.3 Å². The van der Waals surface area contributed by atoms with Crippen LogP contribution in [-0.4, -0.2) is 19.7 Å². The van der Waals surface area contributed by atoms with Crippen LogP contribution in [0.5, 0.6) is 0 Å². The molecular formula is C16H15F2N5. The Morgan fingerprint density at radius 1 is 0.957 bits per heavy atom. The molecule has 2 heterocycles. The van der Waals surface area contributed by atoms with Crippen molar-refractivity contribution < 1.29 is 8.78 Å². The van der Waals surface area contributed by atoms with Crippen molar-refractivity contribution in [3.05, 3.63) is 59.0 Å². The number of aromatic nitrogens is 4. The lowest BCUT2D eigenvalue weighted by Crippen LogP contribution is -2.08. The Morgan fingerprint density at radius 3 is 2.43 bits per heavy atom. The van der Waals surface area contributed by atoms with Gasteiger partial charge in [-0.2, -0.15) is 10.1 Å². The zero-order valence-electron chi connectivity index (χ0n) is 12.9. The van der Waals surface area contributed by atoms with Crippen LogP contribution in [0.15, 0.2) is 30.3 Å². The predicted octanol–water partition coefficient (Wildman–Crippen LogP) is 3.61. The van der Waals surface area contributed by atoms with Gasteiger partial charge in [0.25, 0.3) is 5.95 Å². The van der Waals surface area contributed by atoms with E-state index in [0.29, 0.717) is 17.5 Å². The van der Waals surface area contributed by atoms with E-state index in [9.17, 15) is 8.78 Å². The van der Waals surface area contributed by atoms with Crippen molar-refractivity contribution in [3.63, 3.8) is 0 Å². The summed E-state index contributed by atoms with van der Waals surface area (Å²) in [6, 6.07) is 6.76. The Labute approximate surface area is 132 Å². The summed E-state index contributed by atoms with van der Waals surface area (Å²) in [5, 5.41) is 7.11. The molecule has 1 aromatic carbocycles. The average Bonchev–Trinajstić information content (AvgIpc) is 2.81. The number of hydrogen-bond donors (Lipinski definition) is 1. The van der Waals surface area contributed by atoms with Crippen molar-refractivity contribution in [1.29, 1.82) is 0 Å². The predicted molar refractivity (Wildman–Crippen MR) is 83.0 cm³/mol. The normalized spacial score (nSPS) is 10.8. The average molecular weight is 315 g/mol. The van der Waals surface area contributed by atoms with Crippen LogP contribution in [0.2, 0.25) is 0 Å². The first-order valence-electron chi connectivity index (χ1n) is 7.04. The molecule has 3 rings (SSSR count). The molecule has 0 saturated carbocycles. The second-order valence-electron chi connectivity index (χ2n) is 5.28. The Hall–Kier alpha value is -2.83. The highest BCUT2D eigenvalue weighted by Crippen LogP contribution is 2.21. The Kier molecular flexibility index (Phi) is 3.77. The molecule has 0 saturated heterocycles. The SMILES string of the molecule is Cc1cc(Nc2cc(F)ccc2F)nc(-n2nc(C)cc2C)n1. The molecule has 0 aliphatic rings. The second kappa shape index (κ2) is 5.75. The maximum Gasteiger partial charge on any atom is 0.252 e. The number of aryl methyl sites for hydroxylation is 3. The Bertz CT molecular complexity index is 873. The van der Waals surface area contributed by atoms with E-state index in [1.54, 1.807) is 17.7 Å². The molecule has 0 fully saturated rings. The molecule has 0 spiro atoms. The molecule has 3 aromatic rings. The van der Waals surface area contributed by atoms with Crippen LogP contribution >= 0.6 is 0 Å². The lowest BCUT2D eigenvalue weighted by atomic mass is 10.3. The summed E-state index contributed by atoms with van der Waals surface area (Å²) in [6.07, 6.45) is 0. The zero-order valence-corrected chi connectivity index (χ0v) is 12.9. The molecule has 0 aliphatic carbocycles. The first-order valence-corrected chi connectivity index (χ1v) is 7.04.